The molecular formula is C15H25ClN4. The topological polar surface area (TPSA) is 41.1 Å². The number of nitrogens with zero attached hydrogens (tertiary/aromatic N) is 3. The minimum Gasteiger partial charge on any atom is -0.368 e. The zero-order chi connectivity index (χ0) is 14.5. The van der Waals surface area contributed by atoms with Gasteiger partial charge in [-0.3, -0.25) is 4.90 Å². The van der Waals surface area contributed by atoms with Crippen LogP contribution in [0.15, 0.2) is 6.07 Å². The van der Waals surface area contributed by atoms with E-state index in [-0.39, 0.29) is 5.92 Å². The molecule has 1 N–H and O–H groups in total. The van der Waals surface area contributed by atoms with E-state index in [4.69, 9.17) is 11.6 Å². The highest BCUT2D eigenvalue weighted by atomic mass is 35.5. The molecule has 1 fully saturated rings. The Hall–Kier alpha value is -0.870. The molecule has 0 radical (unpaired) electrons. The molecule has 0 saturated carbocycles. The molecule has 1 aromatic rings. The lowest BCUT2D eigenvalue weighted by Gasteiger charge is -2.32. The SMILES string of the molecule is CC(C)c1nc(Cl)cc(NCC(C)N2CCCCC2)n1. The molecule has 20 heavy (non-hydrogen) atoms. The van der Waals surface area contributed by atoms with Gasteiger partial charge in [0.25, 0.3) is 0 Å². The lowest BCUT2D eigenvalue weighted by atomic mass is 10.1. The summed E-state index contributed by atoms with van der Waals surface area (Å²) < 4.78 is 0. The molecule has 1 saturated heterocycles. The van der Waals surface area contributed by atoms with Gasteiger partial charge in [-0.05, 0) is 32.9 Å². The number of piperidine rings is 1. The van der Waals surface area contributed by atoms with Crippen molar-refractivity contribution in [1.82, 2.24) is 14.9 Å². The summed E-state index contributed by atoms with van der Waals surface area (Å²) in [4.78, 5) is 11.3. The molecule has 2 rings (SSSR count). The van der Waals surface area contributed by atoms with E-state index in [0.717, 1.165) is 18.2 Å². The van der Waals surface area contributed by atoms with Crippen molar-refractivity contribution in [3.8, 4) is 0 Å². The van der Waals surface area contributed by atoms with E-state index in [1.165, 1.54) is 32.4 Å². The summed E-state index contributed by atoms with van der Waals surface area (Å²) in [6, 6.07) is 2.32. The van der Waals surface area contributed by atoms with Crippen molar-refractivity contribution >= 4 is 17.4 Å². The maximum Gasteiger partial charge on any atom is 0.135 e. The number of aromatic nitrogens is 2. The first-order valence-corrected chi connectivity index (χ1v) is 7.96. The molecule has 4 nitrogen and oxygen atoms in total. The van der Waals surface area contributed by atoms with E-state index in [9.17, 15) is 0 Å². The standard InChI is InChI=1S/C15H25ClN4/c1-11(2)15-18-13(16)9-14(19-15)17-10-12(3)20-7-5-4-6-8-20/h9,11-12H,4-8,10H2,1-3H3,(H,17,18,19). The third-order valence-corrected chi connectivity index (χ3v) is 4.01. The number of nitrogens with one attached hydrogen (secondary N) is 1. The summed E-state index contributed by atoms with van der Waals surface area (Å²) in [6.07, 6.45) is 4.01. The Morgan fingerprint density at radius 3 is 2.55 bits per heavy atom. The molecule has 1 aliphatic rings. The Morgan fingerprint density at radius 1 is 1.20 bits per heavy atom. The van der Waals surface area contributed by atoms with Crippen molar-refractivity contribution < 1.29 is 0 Å². The van der Waals surface area contributed by atoms with Crippen molar-refractivity contribution in [2.45, 2.75) is 52.0 Å². The second-order valence-electron chi connectivity index (χ2n) is 5.92. The van der Waals surface area contributed by atoms with Crippen LogP contribution in [0.1, 0.15) is 51.8 Å². The van der Waals surface area contributed by atoms with Gasteiger partial charge in [-0.1, -0.05) is 31.9 Å². The first-order valence-electron chi connectivity index (χ1n) is 7.58. The Bertz CT molecular complexity index is 430. The Balaban J connectivity index is 1.92. The first kappa shape index (κ1) is 15.5. The smallest absolute Gasteiger partial charge is 0.135 e. The van der Waals surface area contributed by atoms with Crippen LogP contribution in [0.3, 0.4) is 0 Å². The first-order chi connectivity index (χ1) is 9.56. The average molecular weight is 297 g/mol. The molecule has 0 bridgehead atoms. The van der Waals surface area contributed by atoms with Crippen LogP contribution in [0.5, 0.6) is 0 Å². The average Bonchev–Trinajstić information content (AvgIpc) is 2.45. The molecular weight excluding hydrogens is 272 g/mol. The van der Waals surface area contributed by atoms with Crippen LogP contribution in [0.2, 0.25) is 5.15 Å². The summed E-state index contributed by atoms with van der Waals surface area (Å²) in [6.45, 7) is 9.74. The van der Waals surface area contributed by atoms with Crippen LogP contribution in [-0.2, 0) is 0 Å². The van der Waals surface area contributed by atoms with Gasteiger partial charge in [0.1, 0.15) is 16.8 Å². The summed E-state index contributed by atoms with van der Waals surface area (Å²) in [5.41, 5.74) is 0. The van der Waals surface area contributed by atoms with Gasteiger partial charge in [-0.15, -0.1) is 0 Å². The molecule has 1 aliphatic heterocycles. The quantitative estimate of drug-likeness (QED) is 0.844. The normalized spacial score (nSPS) is 18.2. The van der Waals surface area contributed by atoms with Crippen molar-refractivity contribution in [3.05, 3.63) is 17.0 Å². The van der Waals surface area contributed by atoms with Crippen LogP contribution in [0.25, 0.3) is 0 Å². The van der Waals surface area contributed by atoms with Gasteiger partial charge in [-0.25, -0.2) is 9.97 Å². The number of hydrogen-bond donors (Lipinski definition) is 1. The zero-order valence-electron chi connectivity index (χ0n) is 12.7. The molecule has 0 amide bonds. The molecule has 1 atom stereocenters. The predicted molar refractivity (Wildman–Crippen MR) is 84.5 cm³/mol. The molecule has 0 aliphatic carbocycles. The zero-order valence-corrected chi connectivity index (χ0v) is 13.5. The van der Waals surface area contributed by atoms with Crippen LogP contribution in [0.4, 0.5) is 5.82 Å². The molecule has 1 aromatic heterocycles. The van der Waals surface area contributed by atoms with E-state index >= 15 is 0 Å². The monoisotopic (exact) mass is 296 g/mol. The minimum atomic E-state index is 0.286. The third kappa shape index (κ3) is 4.32. The van der Waals surface area contributed by atoms with Gasteiger partial charge >= 0.3 is 0 Å². The Kier molecular flexibility index (Phi) is 5.61. The van der Waals surface area contributed by atoms with E-state index in [0.29, 0.717) is 11.2 Å². The molecule has 112 valence electrons. The maximum absolute atomic E-state index is 6.06. The van der Waals surface area contributed by atoms with Gasteiger partial charge in [-0.2, -0.15) is 0 Å². The van der Waals surface area contributed by atoms with Crippen LogP contribution in [-0.4, -0.2) is 40.5 Å². The van der Waals surface area contributed by atoms with Crippen molar-refractivity contribution in [2.24, 2.45) is 0 Å². The second kappa shape index (κ2) is 7.23. The highest BCUT2D eigenvalue weighted by Gasteiger charge is 2.16. The molecule has 2 heterocycles. The number of hydrogen-bond acceptors (Lipinski definition) is 4. The van der Waals surface area contributed by atoms with Gasteiger partial charge < -0.3 is 5.32 Å². The van der Waals surface area contributed by atoms with E-state index < -0.39 is 0 Å². The lowest BCUT2D eigenvalue weighted by Crippen LogP contribution is -2.41. The molecule has 5 heteroatoms. The van der Waals surface area contributed by atoms with Gasteiger partial charge in [0.15, 0.2) is 0 Å². The van der Waals surface area contributed by atoms with Crippen molar-refractivity contribution in [2.75, 3.05) is 25.0 Å². The van der Waals surface area contributed by atoms with Crippen LogP contribution < -0.4 is 5.32 Å². The minimum absolute atomic E-state index is 0.286. The van der Waals surface area contributed by atoms with Gasteiger partial charge in [0, 0.05) is 24.6 Å². The molecule has 0 aromatic carbocycles. The van der Waals surface area contributed by atoms with E-state index in [1.54, 1.807) is 6.07 Å². The maximum atomic E-state index is 6.06. The van der Waals surface area contributed by atoms with Gasteiger partial charge in [0.05, 0.1) is 0 Å². The fraction of sp³-hybridized carbons (Fsp3) is 0.733. The number of rotatable bonds is 5. The fourth-order valence-electron chi connectivity index (χ4n) is 2.52. The highest BCUT2D eigenvalue weighted by molar-refractivity contribution is 6.29. The summed E-state index contributed by atoms with van der Waals surface area (Å²) >= 11 is 6.06. The van der Waals surface area contributed by atoms with E-state index in [1.807, 2.05) is 0 Å². The number of likely N-dealkylation sites (tertiary alicyclic amines) is 1. The van der Waals surface area contributed by atoms with Crippen LogP contribution >= 0.6 is 11.6 Å². The van der Waals surface area contributed by atoms with Crippen molar-refractivity contribution in [1.29, 1.82) is 0 Å². The number of anilines is 1. The fourth-order valence-corrected chi connectivity index (χ4v) is 2.71. The lowest BCUT2D eigenvalue weighted by molar-refractivity contribution is 0.180. The summed E-state index contributed by atoms with van der Waals surface area (Å²) in [5.74, 6) is 1.91. The Labute approximate surface area is 126 Å². The second-order valence-corrected chi connectivity index (χ2v) is 6.30. The molecule has 0 spiro atoms. The predicted octanol–water partition coefficient (Wildman–Crippen LogP) is 3.54. The summed E-state index contributed by atoms with van der Waals surface area (Å²) in [7, 11) is 0. The summed E-state index contributed by atoms with van der Waals surface area (Å²) in [5, 5.41) is 3.91. The van der Waals surface area contributed by atoms with Crippen LogP contribution in [0, 0.1) is 0 Å². The van der Waals surface area contributed by atoms with Crippen molar-refractivity contribution in [3.63, 3.8) is 0 Å². The van der Waals surface area contributed by atoms with Gasteiger partial charge in [0.2, 0.25) is 0 Å². The third-order valence-electron chi connectivity index (χ3n) is 3.82. The Morgan fingerprint density at radius 2 is 1.90 bits per heavy atom. The van der Waals surface area contributed by atoms with E-state index in [2.05, 4.69) is 41.0 Å². The molecule has 1 unspecified atom stereocenters. The number of halogens is 1. The highest BCUT2D eigenvalue weighted by Crippen LogP contribution is 2.18. The largest absolute Gasteiger partial charge is 0.368 e.